The van der Waals surface area contributed by atoms with Gasteiger partial charge in [-0.1, -0.05) is 0 Å². The third-order valence-electron chi connectivity index (χ3n) is 3.56. The molecular formula is C15H20F3N5O. The molecule has 0 saturated carbocycles. The Hall–Kier alpha value is -2.16. The van der Waals surface area contributed by atoms with Gasteiger partial charge in [-0.2, -0.15) is 13.2 Å². The van der Waals surface area contributed by atoms with Crippen LogP contribution in [0.3, 0.4) is 0 Å². The number of carbonyl (C=O) groups excluding carboxylic acids is 1. The van der Waals surface area contributed by atoms with Gasteiger partial charge < -0.3 is 9.80 Å². The molecule has 0 bridgehead atoms. The quantitative estimate of drug-likeness (QED) is 0.771. The second-order valence-electron chi connectivity index (χ2n) is 5.76. The number of amides is 1. The molecular weight excluding hydrogens is 323 g/mol. The predicted molar refractivity (Wildman–Crippen MR) is 84.5 cm³/mol. The van der Waals surface area contributed by atoms with Crippen molar-refractivity contribution < 1.29 is 18.0 Å². The minimum atomic E-state index is -4.20. The van der Waals surface area contributed by atoms with Crippen LogP contribution in [-0.4, -0.2) is 78.7 Å². The van der Waals surface area contributed by atoms with Crippen LogP contribution in [0.15, 0.2) is 18.5 Å². The predicted octanol–water partition coefficient (Wildman–Crippen LogP) is 1.26. The Morgan fingerprint density at radius 1 is 1.21 bits per heavy atom. The number of aromatic nitrogens is 2. The van der Waals surface area contributed by atoms with Gasteiger partial charge in [-0.15, -0.1) is 0 Å². The van der Waals surface area contributed by atoms with E-state index in [2.05, 4.69) is 9.97 Å². The lowest BCUT2D eigenvalue weighted by molar-refractivity contribution is -0.150. The van der Waals surface area contributed by atoms with Crippen LogP contribution >= 0.6 is 0 Å². The summed E-state index contributed by atoms with van der Waals surface area (Å²) in [7, 11) is 3.65. The van der Waals surface area contributed by atoms with Crippen molar-refractivity contribution in [1.82, 2.24) is 19.8 Å². The third-order valence-corrected chi connectivity index (χ3v) is 3.56. The van der Waals surface area contributed by atoms with Gasteiger partial charge in [0, 0.05) is 64.3 Å². The molecule has 0 atom stereocenters. The highest BCUT2D eigenvalue weighted by Gasteiger charge is 2.32. The summed E-state index contributed by atoms with van der Waals surface area (Å²) in [6, 6.07) is 0. The Bertz CT molecular complexity index is 578. The Balaban J connectivity index is 1.85. The van der Waals surface area contributed by atoms with Crippen LogP contribution in [0.4, 0.5) is 19.1 Å². The lowest BCUT2D eigenvalue weighted by Gasteiger charge is -2.34. The molecule has 1 fully saturated rings. The minimum absolute atomic E-state index is 0.222. The highest BCUT2D eigenvalue weighted by atomic mass is 19.4. The smallest absolute Gasteiger partial charge is 0.347 e. The van der Waals surface area contributed by atoms with Crippen molar-refractivity contribution in [3.05, 3.63) is 24.0 Å². The molecule has 1 aromatic heterocycles. The van der Waals surface area contributed by atoms with Gasteiger partial charge in [-0.25, -0.2) is 9.97 Å². The summed E-state index contributed by atoms with van der Waals surface area (Å²) in [4.78, 5) is 25.0. The first-order chi connectivity index (χ1) is 11.2. The second-order valence-corrected chi connectivity index (χ2v) is 5.76. The fraction of sp³-hybridized carbons (Fsp3) is 0.533. The number of halogens is 3. The number of hydrogen-bond acceptors (Lipinski definition) is 5. The van der Waals surface area contributed by atoms with Crippen molar-refractivity contribution in [2.75, 3.05) is 51.7 Å². The Kier molecular flexibility index (Phi) is 5.76. The lowest BCUT2D eigenvalue weighted by atomic mass is 10.2. The van der Waals surface area contributed by atoms with Crippen molar-refractivity contribution in [3.63, 3.8) is 0 Å². The molecule has 0 N–H and O–H groups in total. The van der Waals surface area contributed by atoms with Crippen LogP contribution < -0.4 is 4.90 Å². The maximum Gasteiger partial charge on any atom is 0.401 e. The highest BCUT2D eigenvalue weighted by Crippen LogP contribution is 2.17. The molecule has 1 saturated heterocycles. The summed E-state index contributed by atoms with van der Waals surface area (Å²) >= 11 is 0. The number of rotatable bonds is 4. The molecule has 0 aliphatic carbocycles. The lowest BCUT2D eigenvalue weighted by Crippen LogP contribution is -2.50. The van der Waals surface area contributed by atoms with Gasteiger partial charge in [-0.3, -0.25) is 9.69 Å². The molecule has 0 radical (unpaired) electrons. The summed E-state index contributed by atoms with van der Waals surface area (Å²) in [6.45, 7) is 0.0878. The number of alkyl halides is 3. The molecule has 0 unspecified atom stereocenters. The summed E-state index contributed by atoms with van der Waals surface area (Å²) < 4.78 is 37.0. The van der Waals surface area contributed by atoms with Gasteiger partial charge in [0.1, 0.15) is 0 Å². The summed E-state index contributed by atoms with van der Waals surface area (Å²) in [6.07, 6.45) is 2.00. The summed E-state index contributed by atoms with van der Waals surface area (Å²) in [5.74, 6) is 0.345. The molecule has 2 rings (SSSR count). The molecule has 24 heavy (non-hydrogen) atoms. The third kappa shape index (κ3) is 5.48. The molecule has 1 aromatic rings. The van der Waals surface area contributed by atoms with Gasteiger partial charge in [0.25, 0.3) is 0 Å². The number of anilines is 1. The standard InChI is InChI=1S/C15H20F3N5O/c1-21(2)14-19-9-12(10-20-14)3-4-13(24)23-7-5-22(6-8-23)11-15(16,17)18/h3-4,9-10H,5-8,11H2,1-2H3/b4-3+. The molecule has 1 aliphatic rings. The van der Waals surface area contributed by atoms with Crippen molar-refractivity contribution in [3.8, 4) is 0 Å². The van der Waals surface area contributed by atoms with Gasteiger partial charge in [0.05, 0.1) is 6.54 Å². The zero-order valence-electron chi connectivity index (χ0n) is 13.6. The SMILES string of the molecule is CN(C)c1ncc(/C=C/C(=O)N2CCN(CC(F)(F)F)CC2)cn1. The minimum Gasteiger partial charge on any atom is -0.347 e. The van der Waals surface area contributed by atoms with E-state index in [-0.39, 0.29) is 32.1 Å². The molecule has 0 aromatic carbocycles. The van der Waals surface area contributed by atoms with Gasteiger partial charge >= 0.3 is 6.18 Å². The van der Waals surface area contributed by atoms with E-state index in [0.717, 1.165) is 0 Å². The van der Waals surface area contributed by atoms with E-state index < -0.39 is 12.7 Å². The summed E-state index contributed by atoms with van der Waals surface area (Å²) in [5, 5.41) is 0. The first kappa shape index (κ1) is 18.2. The average Bonchev–Trinajstić information content (AvgIpc) is 2.52. The Labute approximate surface area is 138 Å². The van der Waals surface area contributed by atoms with E-state index in [0.29, 0.717) is 11.5 Å². The van der Waals surface area contributed by atoms with E-state index in [1.807, 2.05) is 14.1 Å². The Morgan fingerprint density at radius 2 is 1.79 bits per heavy atom. The van der Waals surface area contributed by atoms with Crippen molar-refractivity contribution in [2.45, 2.75) is 6.18 Å². The fourth-order valence-electron chi connectivity index (χ4n) is 2.30. The molecule has 132 valence electrons. The van der Waals surface area contributed by atoms with Crippen LogP contribution in [-0.2, 0) is 4.79 Å². The van der Waals surface area contributed by atoms with E-state index >= 15 is 0 Å². The van der Waals surface area contributed by atoms with Gasteiger partial charge in [-0.05, 0) is 6.08 Å². The van der Waals surface area contributed by atoms with Gasteiger partial charge in [0.2, 0.25) is 11.9 Å². The summed E-state index contributed by atoms with van der Waals surface area (Å²) in [5.41, 5.74) is 0.685. The maximum absolute atomic E-state index is 12.3. The van der Waals surface area contributed by atoms with Crippen LogP contribution in [0, 0.1) is 0 Å². The average molecular weight is 343 g/mol. The van der Waals surface area contributed by atoms with Crippen LogP contribution in [0.5, 0.6) is 0 Å². The molecule has 1 amide bonds. The van der Waals surface area contributed by atoms with Crippen molar-refractivity contribution >= 4 is 17.9 Å². The molecule has 0 spiro atoms. The zero-order chi connectivity index (χ0) is 17.7. The number of nitrogens with zero attached hydrogens (tertiary/aromatic N) is 5. The molecule has 2 heterocycles. The zero-order valence-corrected chi connectivity index (χ0v) is 13.6. The normalized spacial score (nSPS) is 16.6. The Morgan fingerprint density at radius 3 is 2.29 bits per heavy atom. The molecule has 1 aliphatic heterocycles. The molecule has 6 nitrogen and oxygen atoms in total. The largest absolute Gasteiger partial charge is 0.401 e. The van der Waals surface area contributed by atoms with Crippen molar-refractivity contribution in [1.29, 1.82) is 0 Å². The van der Waals surface area contributed by atoms with Gasteiger partial charge in [0.15, 0.2) is 0 Å². The van der Waals surface area contributed by atoms with E-state index in [1.165, 1.54) is 11.0 Å². The molecule has 9 heteroatoms. The highest BCUT2D eigenvalue weighted by molar-refractivity contribution is 5.91. The van der Waals surface area contributed by atoms with E-state index in [1.54, 1.807) is 28.3 Å². The fourth-order valence-corrected chi connectivity index (χ4v) is 2.30. The first-order valence-electron chi connectivity index (χ1n) is 7.50. The first-order valence-corrected chi connectivity index (χ1v) is 7.50. The number of carbonyl (C=O) groups is 1. The van der Waals surface area contributed by atoms with Crippen LogP contribution in [0.25, 0.3) is 6.08 Å². The van der Waals surface area contributed by atoms with Crippen LogP contribution in [0.2, 0.25) is 0 Å². The maximum atomic E-state index is 12.3. The van der Waals surface area contributed by atoms with Crippen molar-refractivity contribution in [2.24, 2.45) is 0 Å². The number of piperazine rings is 1. The topological polar surface area (TPSA) is 52.6 Å². The van der Waals surface area contributed by atoms with E-state index in [4.69, 9.17) is 0 Å². The van der Waals surface area contributed by atoms with E-state index in [9.17, 15) is 18.0 Å². The number of hydrogen-bond donors (Lipinski definition) is 0. The monoisotopic (exact) mass is 343 g/mol. The van der Waals surface area contributed by atoms with Crippen LogP contribution in [0.1, 0.15) is 5.56 Å². The second kappa shape index (κ2) is 7.61.